The van der Waals surface area contributed by atoms with E-state index in [-0.39, 0.29) is 5.82 Å². The minimum absolute atomic E-state index is 0.317. The largest absolute Gasteiger partial charge is 0.207 e. The van der Waals surface area contributed by atoms with Crippen molar-refractivity contribution in [1.82, 2.24) is 0 Å². The fourth-order valence-electron chi connectivity index (χ4n) is 1.50. The van der Waals surface area contributed by atoms with Crippen LogP contribution in [0.25, 0.3) is 0 Å². The summed E-state index contributed by atoms with van der Waals surface area (Å²) in [4.78, 5) is 0.821. The maximum atomic E-state index is 13.3. The van der Waals surface area contributed by atoms with E-state index in [2.05, 4.69) is 0 Å². The van der Waals surface area contributed by atoms with Crippen molar-refractivity contribution in [2.75, 3.05) is 0 Å². The summed E-state index contributed by atoms with van der Waals surface area (Å²) in [6, 6.07) is 4.72. The summed E-state index contributed by atoms with van der Waals surface area (Å²) < 4.78 is 13.3. The monoisotopic (exact) mass is 308 g/mol. The highest BCUT2D eigenvalue weighted by atomic mass is 35.5. The number of hydrogen-bond donors (Lipinski definition) is 0. The van der Waals surface area contributed by atoms with Crippen LogP contribution < -0.4 is 0 Å². The predicted molar refractivity (Wildman–Crippen MR) is 73.2 cm³/mol. The van der Waals surface area contributed by atoms with Gasteiger partial charge in [0, 0.05) is 9.90 Å². The Morgan fingerprint density at radius 1 is 1.24 bits per heavy atom. The lowest BCUT2D eigenvalue weighted by atomic mass is 10.1. The highest BCUT2D eigenvalue weighted by molar-refractivity contribution is 7.11. The predicted octanol–water partition coefficient (Wildman–Crippen LogP) is 5.83. The van der Waals surface area contributed by atoms with Crippen LogP contribution in [0.15, 0.2) is 23.6 Å². The van der Waals surface area contributed by atoms with Crippen LogP contribution in [0.4, 0.5) is 4.39 Å². The van der Waals surface area contributed by atoms with E-state index in [0.29, 0.717) is 21.2 Å². The summed E-state index contributed by atoms with van der Waals surface area (Å²) >= 11 is 19.8. The van der Waals surface area contributed by atoms with Crippen LogP contribution >= 0.6 is 46.1 Å². The number of halogens is 4. The third-order valence-electron chi connectivity index (χ3n) is 2.43. The maximum Gasteiger partial charge on any atom is 0.127 e. The lowest BCUT2D eigenvalue weighted by Crippen LogP contribution is -1.95. The Morgan fingerprint density at radius 3 is 2.53 bits per heavy atom. The first-order valence-corrected chi connectivity index (χ1v) is 6.90. The van der Waals surface area contributed by atoms with Crippen LogP contribution in [-0.2, 0) is 0 Å². The molecule has 1 atom stereocenters. The summed E-state index contributed by atoms with van der Waals surface area (Å²) in [5.74, 6) is -0.333. The van der Waals surface area contributed by atoms with Gasteiger partial charge in [0.2, 0.25) is 0 Å². The first-order chi connectivity index (χ1) is 8.00. The van der Waals surface area contributed by atoms with Crippen molar-refractivity contribution >= 4 is 46.1 Å². The Bertz CT molecular complexity index is 551. The summed E-state index contributed by atoms with van der Waals surface area (Å²) in [7, 11) is 0. The highest BCUT2D eigenvalue weighted by Crippen LogP contribution is 2.40. The van der Waals surface area contributed by atoms with E-state index in [1.165, 1.54) is 17.4 Å². The number of benzene rings is 1. The van der Waals surface area contributed by atoms with E-state index in [0.717, 1.165) is 4.88 Å². The van der Waals surface area contributed by atoms with Crippen molar-refractivity contribution in [1.29, 1.82) is 0 Å². The average Bonchev–Trinajstić information content (AvgIpc) is 2.69. The molecule has 1 heterocycles. The molecule has 0 spiro atoms. The number of aryl methyl sites for hydroxylation is 1. The van der Waals surface area contributed by atoms with Gasteiger partial charge in [-0.3, -0.25) is 0 Å². The van der Waals surface area contributed by atoms with E-state index < -0.39 is 5.38 Å². The quantitative estimate of drug-likeness (QED) is 0.612. The van der Waals surface area contributed by atoms with Gasteiger partial charge < -0.3 is 0 Å². The van der Waals surface area contributed by atoms with Crippen LogP contribution in [-0.4, -0.2) is 0 Å². The first kappa shape index (κ1) is 13.2. The molecule has 2 rings (SSSR count). The Hall–Kier alpha value is -0.280. The Kier molecular flexibility index (Phi) is 3.99. The summed E-state index contributed by atoms with van der Waals surface area (Å²) in [6.07, 6.45) is 0. The SMILES string of the molecule is Cc1cc(C(Cl)c2sccc2Cl)c(Cl)cc1F. The highest BCUT2D eigenvalue weighted by Gasteiger charge is 2.19. The lowest BCUT2D eigenvalue weighted by molar-refractivity contribution is 0.618. The lowest BCUT2D eigenvalue weighted by Gasteiger charge is -2.12. The molecule has 0 amide bonds. The Labute approximate surface area is 118 Å². The topological polar surface area (TPSA) is 0 Å². The zero-order valence-corrected chi connectivity index (χ0v) is 11.9. The third kappa shape index (κ3) is 2.60. The molecule has 90 valence electrons. The molecule has 0 aliphatic carbocycles. The normalized spacial score (nSPS) is 12.8. The molecule has 2 aromatic rings. The molecule has 0 aliphatic heterocycles. The molecule has 0 radical (unpaired) electrons. The minimum Gasteiger partial charge on any atom is -0.207 e. The molecule has 0 fully saturated rings. The Balaban J connectivity index is 2.48. The van der Waals surface area contributed by atoms with Crippen molar-refractivity contribution in [3.63, 3.8) is 0 Å². The van der Waals surface area contributed by atoms with Gasteiger partial charge in [-0.05, 0) is 41.6 Å². The number of hydrogen-bond acceptors (Lipinski definition) is 1. The smallest absolute Gasteiger partial charge is 0.127 e. The van der Waals surface area contributed by atoms with Crippen LogP contribution in [0.3, 0.4) is 0 Å². The van der Waals surface area contributed by atoms with Crippen LogP contribution in [0, 0.1) is 12.7 Å². The average molecular weight is 310 g/mol. The molecular weight excluding hydrogens is 302 g/mol. The standard InChI is InChI=1S/C12H8Cl3FS/c1-6-4-7(9(14)5-10(6)16)11(15)12-8(13)2-3-17-12/h2-5,11H,1H3. The molecule has 1 unspecified atom stereocenters. The van der Waals surface area contributed by atoms with Gasteiger partial charge in [0.1, 0.15) is 5.82 Å². The van der Waals surface area contributed by atoms with Crippen molar-refractivity contribution in [2.24, 2.45) is 0 Å². The molecule has 17 heavy (non-hydrogen) atoms. The second-order valence-corrected chi connectivity index (χ2v) is 5.82. The molecule has 0 nitrogen and oxygen atoms in total. The van der Waals surface area contributed by atoms with Crippen molar-refractivity contribution in [2.45, 2.75) is 12.3 Å². The molecule has 0 N–H and O–H groups in total. The molecule has 1 aromatic heterocycles. The fourth-order valence-corrected chi connectivity index (χ4v) is 3.48. The van der Waals surface area contributed by atoms with E-state index in [1.807, 2.05) is 5.38 Å². The summed E-state index contributed by atoms with van der Waals surface area (Å²) in [5, 5.41) is 2.33. The third-order valence-corrected chi connectivity index (χ3v) is 4.76. The van der Waals surface area contributed by atoms with E-state index >= 15 is 0 Å². The van der Waals surface area contributed by atoms with E-state index in [1.54, 1.807) is 19.1 Å². The fraction of sp³-hybridized carbons (Fsp3) is 0.167. The van der Waals surface area contributed by atoms with Gasteiger partial charge in [0.05, 0.1) is 10.4 Å². The second kappa shape index (κ2) is 5.15. The van der Waals surface area contributed by atoms with Gasteiger partial charge in [0.25, 0.3) is 0 Å². The van der Waals surface area contributed by atoms with Gasteiger partial charge in [-0.2, -0.15) is 0 Å². The maximum absolute atomic E-state index is 13.3. The molecule has 0 saturated carbocycles. The Morgan fingerprint density at radius 2 is 1.94 bits per heavy atom. The van der Waals surface area contributed by atoms with Gasteiger partial charge in [0.15, 0.2) is 0 Å². The van der Waals surface area contributed by atoms with Crippen molar-refractivity contribution < 1.29 is 4.39 Å². The van der Waals surface area contributed by atoms with Crippen molar-refractivity contribution in [3.05, 3.63) is 55.4 Å². The molecule has 5 heteroatoms. The van der Waals surface area contributed by atoms with Gasteiger partial charge >= 0.3 is 0 Å². The second-order valence-electron chi connectivity index (χ2n) is 3.62. The summed E-state index contributed by atoms with van der Waals surface area (Å²) in [6.45, 7) is 1.68. The van der Waals surface area contributed by atoms with Crippen molar-refractivity contribution in [3.8, 4) is 0 Å². The van der Waals surface area contributed by atoms with E-state index in [9.17, 15) is 4.39 Å². The number of thiophene rings is 1. The zero-order chi connectivity index (χ0) is 12.6. The molecule has 1 aromatic carbocycles. The van der Waals surface area contributed by atoms with Gasteiger partial charge in [-0.25, -0.2) is 4.39 Å². The number of rotatable bonds is 2. The molecule has 0 saturated heterocycles. The molecule has 0 aliphatic rings. The van der Waals surface area contributed by atoms with E-state index in [4.69, 9.17) is 34.8 Å². The zero-order valence-electron chi connectivity index (χ0n) is 8.81. The van der Waals surface area contributed by atoms with Crippen LogP contribution in [0.5, 0.6) is 0 Å². The summed E-state index contributed by atoms with van der Waals surface area (Å²) in [5.41, 5.74) is 1.19. The minimum atomic E-state index is -0.450. The molecular formula is C12H8Cl3FS. The van der Waals surface area contributed by atoms with Gasteiger partial charge in [-0.1, -0.05) is 23.2 Å². The molecule has 0 bridgehead atoms. The van der Waals surface area contributed by atoms with Crippen LogP contribution in [0.2, 0.25) is 10.0 Å². The van der Waals surface area contributed by atoms with Crippen LogP contribution in [0.1, 0.15) is 21.4 Å². The first-order valence-electron chi connectivity index (χ1n) is 4.83. The number of alkyl halides is 1. The van der Waals surface area contributed by atoms with Gasteiger partial charge in [-0.15, -0.1) is 22.9 Å².